The van der Waals surface area contributed by atoms with Crippen LogP contribution in [0, 0.1) is 6.92 Å². The van der Waals surface area contributed by atoms with Crippen LogP contribution >= 0.6 is 0 Å². The third-order valence-electron chi connectivity index (χ3n) is 6.02. The number of benzene rings is 2. The number of carbonyl (C=O) groups excluding carboxylic acids is 2. The first-order chi connectivity index (χ1) is 19.1. The Morgan fingerprint density at radius 2 is 1.52 bits per heavy atom. The van der Waals surface area contributed by atoms with Crippen molar-refractivity contribution < 1.29 is 14.3 Å². The molecular weight excluding hydrogens is 506 g/mol. The van der Waals surface area contributed by atoms with Gasteiger partial charge in [0.1, 0.15) is 23.6 Å². The molecule has 1 aliphatic heterocycles. The van der Waals surface area contributed by atoms with Crippen molar-refractivity contribution in [3.05, 3.63) is 78.6 Å². The fourth-order valence-electron chi connectivity index (χ4n) is 4.12. The van der Waals surface area contributed by atoms with Crippen LogP contribution < -0.4 is 16.0 Å². The van der Waals surface area contributed by atoms with E-state index in [1.54, 1.807) is 4.90 Å². The van der Waals surface area contributed by atoms with E-state index < -0.39 is 5.60 Å². The van der Waals surface area contributed by atoms with Crippen LogP contribution in [0.25, 0.3) is 0 Å². The molecule has 210 valence electrons. The number of rotatable bonds is 8. The summed E-state index contributed by atoms with van der Waals surface area (Å²) in [5, 5.41) is 9.45. The number of amides is 2. The SMILES string of the molecule is Cc1cccc(Nc2cc(Nc3cccc(NC(=O)/C=C/CN4CCN(C(=O)OC(C)(C)C)CC4)c3)ncn2)c1. The second-order valence-corrected chi connectivity index (χ2v) is 10.6. The van der Waals surface area contributed by atoms with Crippen LogP contribution in [-0.4, -0.2) is 70.1 Å². The standard InChI is InChI=1S/C30H37N7O3/c1-22-8-5-9-23(18-22)33-26-20-27(32-21-31-26)34-24-10-6-11-25(19-24)35-28(38)12-7-13-36-14-16-37(17-15-36)29(39)40-30(2,3)4/h5-12,18-21H,13-17H2,1-4H3,(H,35,38)(H2,31,32,33,34)/b12-7+. The zero-order valence-electron chi connectivity index (χ0n) is 23.5. The number of hydrogen-bond donors (Lipinski definition) is 3. The minimum Gasteiger partial charge on any atom is -0.444 e. The van der Waals surface area contributed by atoms with Crippen molar-refractivity contribution in [2.45, 2.75) is 33.3 Å². The molecule has 3 N–H and O–H groups in total. The smallest absolute Gasteiger partial charge is 0.410 e. The highest BCUT2D eigenvalue weighted by molar-refractivity contribution is 5.99. The average Bonchev–Trinajstić information content (AvgIpc) is 2.88. The van der Waals surface area contributed by atoms with E-state index in [0.29, 0.717) is 37.0 Å². The van der Waals surface area contributed by atoms with E-state index in [-0.39, 0.29) is 12.0 Å². The van der Waals surface area contributed by atoms with E-state index in [4.69, 9.17) is 4.74 Å². The molecule has 2 heterocycles. The summed E-state index contributed by atoms with van der Waals surface area (Å²) in [5.41, 5.74) is 3.05. The number of piperazine rings is 1. The molecule has 0 bridgehead atoms. The number of hydrogen-bond acceptors (Lipinski definition) is 8. The fraction of sp³-hybridized carbons (Fsp3) is 0.333. The maximum atomic E-state index is 12.5. The predicted molar refractivity (Wildman–Crippen MR) is 158 cm³/mol. The van der Waals surface area contributed by atoms with Crippen molar-refractivity contribution >= 4 is 40.7 Å². The first kappa shape index (κ1) is 28.6. The van der Waals surface area contributed by atoms with Crippen molar-refractivity contribution in [2.75, 3.05) is 48.7 Å². The summed E-state index contributed by atoms with van der Waals surface area (Å²) >= 11 is 0. The van der Waals surface area contributed by atoms with Gasteiger partial charge in [-0.2, -0.15) is 0 Å². The quantitative estimate of drug-likeness (QED) is 0.328. The average molecular weight is 544 g/mol. The first-order valence-corrected chi connectivity index (χ1v) is 13.3. The Kier molecular flexibility index (Phi) is 9.34. The van der Waals surface area contributed by atoms with Gasteiger partial charge in [0.15, 0.2) is 0 Å². The number of ether oxygens (including phenoxy) is 1. The van der Waals surface area contributed by atoms with Crippen LogP contribution in [0.1, 0.15) is 26.3 Å². The van der Waals surface area contributed by atoms with Gasteiger partial charge in [0, 0.05) is 61.9 Å². The molecule has 1 aliphatic rings. The molecule has 40 heavy (non-hydrogen) atoms. The van der Waals surface area contributed by atoms with Gasteiger partial charge < -0.3 is 25.6 Å². The van der Waals surface area contributed by atoms with Crippen LogP contribution in [0.15, 0.2) is 73.1 Å². The lowest BCUT2D eigenvalue weighted by atomic mass is 10.2. The van der Waals surface area contributed by atoms with Gasteiger partial charge in [-0.25, -0.2) is 14.8 Å². The summed E-state index contributed by atoms with van der Waals surface area (Å²) < 4.78 is 5.44. The lowest BCUT2D eigenvalue weighted by molar-refractivity contribution is -0.111. The fourth-order valence-corrected chi connectivity index (χ4v) is 4.12. The van der Waals surface area contributed by atoms with Crippen molar-refractivity contribution in [2.24, 2.45) is 0 Å². The van der Waals surface area contributed by atoms with Gasteiger partial charge in [-0.15, -0.1) is 0 Å². The van der Waals surface area contributed by atoms with Crippen molar-refractivity contribution in [3.63, 3.8) is 0 Å². The molecule has 2 aromatic carbocycles. The van der Waals surface area contributed by atoms with E-state index >= 15 is 0 Å². The van der Waals surface area contributed by atoms with Gasteiger partial charge in [-0.05, 0) is 63.6 Å². The summed E-state index contributed by atoms with van der Waals surface area (Å²) in [4.78, 5) is 37.2. The van der Waals surface area contributed by atoms with Gasteiger partial charge in [-0.3, -0.25) is 9.69 Å². The molecule has 0 radical (unpaired) electrons. The molecule has 10 nitrogen and oxygen atoms in total. The number of aryl methyl sites for hydroxylation is 1. The highest BCUT2D eigenvalue weighted by Gasteiger charge is 2.25. The van der Waals surface area contributed by atoms with E-state index in [9.17, 15) is 9.59 Å². The molecule has 0 unspecified atom stereocenters. The Morgan fingerprint density at radius 3 is 2.17 bits per heavy atom. The largest absolute Gasteiger partial charge is 0.444 e. The van der Waals surface area contributed by atoms with E-state index in [1.807, 2.05) is 88.4 Å². The zero-order valence-corrected chi connectivity index (χ0v) is 23.5. The molecule has 0 saturated carbocycles. The van der Waals surface area contributed by atoms with Crippen LogP contribution in [0.3, 0.4) is 0 Å². The van der Waals surface area contributed by atoms with Gasteiger partial charge in [-0.1, -0.05) is 24.3 Å². The Bertz CT molecular complexity index is 1340. The zero-order chi connectivity index (χ0) is 28.5. The Morgan fingerprint density at radius 1 is 0.900 bits per heavy atom. The van der Waals surface area contributed by atoms with Crippen molar-refractivity contribution in [1.82, 2.24) is 19.8 Å². The molecule has 10 heteroatoms. The molecule has 2 amide bonds. The Labute approximate surface area is 235 Å². The summed E-state index contributed by atoms with van der Waals surface area (Å²) in [6.07, 6.45) is 4.59. The minimum atomic E-state index is -0.501. The van der Waals surface area contributed by atoms with Crippen molar-refractivity contribution in [1.29, 1.82) is 0 Å². The molecule has 0 atom stereocenters. The summed E-state index contributed by atoms with van der Waals surface area (Å²) in [7, 11) is 0. The number of carbonyl (C=O) groups is 2. The molecule has 1 saturated heterocycles. The molecule has 1 aromatic heterocycles. The van der Waals surface area contributed by atoms with E-state index in [2.05, 4.69) is 30.8 Å². The third kappa shape index (κ3) is 9.09. The molecule has 0 aliphatic carbocycles. The molecular formula is C30H37N7O3. The van der Waals surface area contributed by atoms with Crippen LogP contribution in [0.2, 0.25) is 0 Å². The highest BCUT2D eigenvalue weighted by Crippen LogP contribution is 2.22. The number of nitrogens with zero attached hydrogens (tertiary/aromatic N) is 4. The Hall–Kier alpha value is -4.44. The Balaban J connectivity index is 1.24. The van der Waals surface area contributed by atoms with E-state index in [0.717, 1.165) is 30.0 Å². The predicted octanol–water partition coefficient (Wildman–Crippen LogP) is 5.32. The highest BCUT2D eigenvalue weighted by atomic mass is 16.6. The van der Waals surface area contributed by atoms with E-state index in [1.165, 1.54) is 12.4 Å². The lowest BCUT2D eigenvalue weighted by Gasteiger charge is -2.35. The molecule has 3 aromatic rings. The summed E-state index contributed by atoms with van der Waals surface area (Å²) in [5.74, 6) is 1.08. The number of nitrogens with one attached hydrogen (secondary N) is 3. The van der Waals surface area contributed by atoms with Crippen LogP contribution in [0.4, 0.5) is 33.5 Å². The molecule has 0 spiro atoms. The first-order valence-electron chi connectivity index (χ1n) is 13.3. The van der Waals surface area contributed by atoms with Gasteiger partial charge in [0.2, 0.25) is 5.91 Å². The second kappa shape index (κ2) is 13.1. The normalized spacial score (nSPS) is 14.2. The van der Waals surface area contributed by atoms with Gasteiger partial charge in [0.05, 0.1) is 0 Å². The van der Waals surface area contributed by atoms with Crippen LogP contribution in [-0.2, 0) is 9.53 Å². The monoisotopic (exact) mass is 543 g/mol. The lowest BCUT2D eigenvalue weighted by Crippen LogP contribution is -2.49. The maximum Gasteiger partial charge on any atom is 0.410 e. The summed E-state index contributed by atoms with van der Waals surface area (Å²) in [6.45, 7) is 10.9. The number of anilines is 5. The number of aromatic nitrogens is 2. The van der Waals surface area contributed by atoms with Gasteiger partial charge >= 0.3 is 6.09 Å². The van der Waals surface area contributed by atoms with Gasteiger partial charge in [0.25, 0.3) is 0 Å². The maximum absolute atomic E-state index is 12.5. The van der Waals surface area contributed by atoms with Crippen molar-refractivity contribution in [3.8, 4) is 0 Å². The second-order valence-electron chi connectivity index (χ2n) is 10.6. The van der Waals surface area contributed by atoms with Crippen LogP contribution in [0.5, 0.6) is 0 Å². The molecule has 4 rings (SSSR count). The summed E-state index contributed by atoms with van der Waals surface area (Å²) in [6, 6.07) is 17.3. The minimum absolute atomic E-state index is 0.212. The topological polar surface area (TPSA) is 112 Å². The third-order valence-corrected chi connectivity index (χ3v) is 6.02. The molecule has 1 fully saturated rings.